The molecule has 2 atom stereocenters. The molecule has 8 nitrogen and oxygen atoms in total. The molecule has 1 aliphatic heterocycles. The molecule has 3 heterocycles. The number of carboxylic acids is 1. The van der Waals surface area contributed by atoms with Crippen molar-refractivity contribution in [3.63, 3.8) is 0 Å². The molecule has 0 amide bonds. The first-order chi connectivity index (χ1) is 16.0. The fraction of sp³-hybridized carbons (Fsp3) is 0.318. The lowest BCUT2D eigenvalue weighted by atomic mass is 10.0. The molecule has 2 aromatic heterocycles. The van der Waals surface area contributed by atoms with Crippen LogP contribution in [0.2, 0.25) is 5.15 Å². The van der Waals surface area contributed by atoms with Crippen LogP contribution in [0.25, 0.3) is 11.0 Å². The zero-order valence-corrected chi connectivity index (χ0v) is 18.7. The van der Waals surface area contributed by atoms with Crippen molar-refractivity contribution in [2.45, 2.75) is 38.5 Å². The number of pyridine rings is 1. The van der Waals surface area contributed by atoms with E-state index in [0.717, 1.165) is 10.5 Å². The lowest BCUT2D eigenvalue weighted by molar-refractivity contribution is -0.159. The molecule has 1 fully saturated rings. The molecule has 12 heteroatoms. The van der Waals surface area contributed by atoms with E-state index in [1.807, 2.05) is 6.07 Å². The summed E-state index contributed by atoms with van der Waals surface area (Å²) >= 11 is 5.82. The summed E-state index contributed by atoms with van der Waals surface area (Å²) in [7, 11) is 0. The van der Waals surface area contributed by atoms with Gasteiger partial charge < -0.3 is 15.3 Å². The zero-order valence-electron chi connectivity index (χ0n) is 18.0. The second kappa shape index (κ2) is 8.61. The third-order valence-corrected chi connectivity index (χ3v) is 5.81. The topological polar surface area (TPSA) is 115 Å². The number of hydrogen-bond acceptors (Lipinski definition) is 7. The summed E-state index contributed by atoms with van der Waals surface area (Å²) in [4.78, 5) is 25.2. The van der Waals surface area contributed by atoms with Crippen molar-refractivity contribution in [1.29, 1.82) is 5.26 Å². The van der Waals surface area contributed by atoms with Gasteiger partial charge >= 0.3 is 12.1 Å². The first-order valence-corrected chi connectivity index (χ1v) is 10.6. The standard InChI is InChI=1S/C22H18ClF3N6O2/c1-10-7-12(11(2)28-13-3-4-17(23)30-19(13)21(33)34)18-14(8-10)29-15(9-27)20(31-18)32-6-5-16(32)22(24,25)26/h3-4,7-8,11,16,28H,5-6H2,1-2H3,(H,33,34)/t11-,16?/m1/s1. The molecule has 0 saturated carbocycles. The Bertz CT molecular complexity index is 1340. The van der Waals surface area contributed by atoms with Crippen molar-refractivity contribution >= 4 is 40.1 Å². The predicted molar refractivity (Wildman–Crippen MR) is 119 cm³/mol. The molecule has 2 N–H and O–H groups in total. The Morgan fingerprint density at radius 2 is 2.06 bits per heavy atom. The minimum Gasteiger partial charge on any atom is -0.476 e. The van der Waals surface area contributed by atoms with Gasteiger partial charge in [0.05, 0.1) is 22.8 Å². The Kier molecular flexibility index (Phi) is 5.95. The lowest BCUT2D eigenvalue weighted by Gasteiger charge is -2.42. The van der Waals surface area contributed by atoms with Gasteiger partial charge in [0.1, 0.15) is 17.3 Å². The third-order valence-electron chi connectivity index (χ3n) is 5.60. The number of nitriles is 1. The van der Waals surface area contributed by atoms with Gasteiger partial charge in [-0.15, -0.1) is 0 Å². The number of hydrogen-bond donors (Lipinski definition) is 2. The Morgan fingerprint density at radius 1 is 1.32 bits per heavy atom. The van der Waals surface area contributed by atoms with Crippen LogP contribution in [0.15, 0.2) is 24.3 Å². The SMILES string of the molecule is Cc1cc([C@@H](C)Nc2ccc(Cl)nc2C(=O)O)c2nc(N3CCC3C(F)(F)F)c(C#N)nc2c1. The van der Waals surface area contributed by atoms with E-state index in [9.17, 15) is 28.3 Å². The Labute approximate surface area is 197 Å². The highest BCUT2D eigenvalue weighted by Crippen LogP contribution is 2.38. The molecule has 34 heavy (non-hydrogen) atoms. The van der Waals surface area contributed by atoms with Crippen molar-refractivity contribution in [3.05, 3.63) is 51.9 Å². The first kappa shape index (κ1) is 23.5. The van der Waals surface area contributed by atoms with Crippen molar-refractivity contribution in [3.8, 4) is 6.07 Å². The lowest BCUT2D eigenvalue weighted by Crippen LogP contribution is -2.56. The molecule has 0 aliphatic carbocycles. The number of aromatic nitrogens is 3. The Morgan fingerprint density at radius 3 is 2.65 bits per heavy atom. The number of fused-ring (bicyclic) bond motifs is 1. The van der Waals surface area contributed by atoms with E-state index in [2.05, 4.69) is 20.3 Å². The van der Waals surface area contributed by atoms with Crippen LogP contribution >= 0.6 is 11.6 Å². The van der Waals surface area contributed by atoms with Gasteiger partial charge in [-0.3, -0.25) is 0 Å². The summed E-state index contributed by atoms with van der Waals surface area (Å²) < 4.78 is 40.1. The molecule has 4 rings (SSSR count). The second-order valence-electron chi connectivity index (χ2n) is 7.97. The zero-order chi connectivity index (χ0) is 24.8. The van der Waals surface area contributed by atoms with E-state index in [1.165, 1.54) is 12.1 Å². The van der Waals surface area contributed by atoms with E-state index >= 15 is 0 Å². The molecular weight excluding hydrogens is 473 g/mol. The highest BCUT2D eigenvalue weighted by Gasteiger charge is 2.50. The first-order valence-electron chi connectivity index (χ1n) is 10.2. The number of carbonyl (C=O) groups is 1. The average molecular weight is 491 g/mol. The van der Waals surface area contributed by atoms with E-state index in [-0.39, 0.29) is 41.0 Å². The number of anilines is 2. The van der Waals surface area contributed by atoms with Crippen LogP contribution < -0.4 is 10.2 Å². The number of alkyl halides is 3. The number of rotatable bonds is 5. The molecule has 1 aromatic carbocycles. The molecule has 3 aromatic rings. The van der Waals surface area contributed by atoms with Gasteiger partial charge in [0.25, 0.3) is 0 Å². The minimum absolute atomic E-state index is 0.0184. The second-order valence-corrected chi connectivity index (χ2v) is 8.36. The predicted octanol–water partition coefficient (Wildman–Crippen LogP) is 4.87. The third kappa shape index (κ3) is 4.28. The van der Waals surface area contributed by atoms with E-state index < -0.39 is 24.2 Å². The fourth-order valence-electron chi connectivity index (χ4n) is 3.94. The number of nitrogens with zero attached hydrogens (tertiary/aromatic N) is 5. The van der Waals surface area contributed by atoms with Crippen LogP contribution in [0, 0.1) is 18.3 Å². The van der Waals surface area contributed by atoms with Crippen molar-refractivity contribution < 1.29 is 23.1 Å². The normalized spacial score (nSPS) is 16.6. The van der Waals surface area contributed by atoms with Crippen LogP contribution in [0.5, 0.6) is 0 Å². The average Bonchev–Trinajstić information content (AvgIpc) is 2.71. The highest BCUT2D eigenvalue weighted by molar-refractivity contribution is 6.29. The molecule has 0 bridgehead atoms. The van der Waals surface area contributed by atoms with Crippen molar-refractivity contribution in [2.75, 3.05) is 16.8 Å². The monoisotopic (exact) mass is 490 g/mol. The van der Waals surface area contributed by atoms with Gasteiger partial charge in [-0.05, 0) is 44.0 Å². The molecule has 0 radical (unpaired) electrons. The van der Waals surface area contributed by atoms with Gasteiger partial charge in [-0.1, -0.05) is 17.7 Å². The van der Waals surface area contributed by atoms with Gasteiger partial charge in [0.2, 0.25) is 0 Å². The van der Waals surface area contributed by atoms with Gasteiger partial charge in [-0.25, -0.2) is 19.7 Å². The van der Waals surface area contributed by atoms with E-state index in [1.54, 1.807) is 26.0 Å². The molecule has 176 valence electrons. The van der Waals surface area contributed by atoms with Gasteiger partial charge in [0.15, 0.2) is 17.2 Å². The molecular formula is C22H18ClF3N6O2. The number of halogens is 4. The quantitative estimate of drug-likeness (QED) is 0.487. The van der Waals surface area contributed by atoms with E-state index in [4.69, 9.17) is 11.6 Å². The number of benzene rings is 1. The van der Waals surface area contributed by atoms with Crippen LogP contribution in [0.4, 0.5) is 24.7 Å². The van der Waals surface area contributed by atoms with Crippen LogP contribution in [0.3, 0.4) is 0 Å². The summed E-state index contributed by atoms with van der Waals surface area (Å²) in [5, 5.41) is 22.1. The smallest absolute Gasteiger partial charge is 0.408 e. The number of aryl methyl sites for hydroxylation is 1. The maximum atomic E-state index is 13.4. The van der Waals surface area contributed by atoms with Crippen molar-refractivity contribution in [1.82, 2.24) is 15.0 Å². The van der Waals surface area contributed by atoms with Crippen LogP contribution in [-0.2, 0) is 0 Å². The summed E-state index contributed by atoms with van der Waals surface area (Å²) in [5.74, 6) is -1.40. The van der Waals surface area contributed by atoms with Crippen LogP contribution in [-0.4, -0.2) is 44.8 Å². The number of nitrogens with one attached hydrogen (secondary N) is 1. The minimum atomic E-state index is -4.46. The molecule has 1 aliphatic rings. The van der Waals surface area contributed by atoms with E-state index in [0.29, 0.717) is 16.6 Å². The number of carboxylic acid groups (broad SMARTS) is 1. The molecule has 1 unspecified atom stereocenters. The largest absolute Gasteiger partial charge is 0.476 e. The summed E-state index contributed by atoms with van der Waals surface area (Å²) in [6.45, 7) is 3.65. The Hall–Kier alpha value is -3.65. The maximum Gasteiger partial charge on any atom is 0.408 e. The highest BCUT2D eigenvalue weighted by atomic mass is 35.5. The molecule has 0 spiro atoms. The van der Waals surface area contributed by atoms with Crippen molar-refractivity contribution in [2.24, 2.45) is 0 Å². The number of aromatic carboxylic acids is 1. The Balaban J connectivity index is 1.81. The van der Waals surface area contributed by atoms with Gasteiger partial charge in [0, 0.05) is 12.1 Å². The summed E-state index contributed by atoms with van der Waals surface area (Å²) in [6, 6.07) is 5.99. The maximum absolute atomic E-state index is 13.4. The summed E-state index contributed by atoms with van der Waals surface area (Å²) in [5.41, 5.74) is 1.76. The van der Waals surface area contributed by atoms with Gasteiger partial charge in [-0.2, -0.15) is 18.4 Å². The summed E-state index contributed by atoms with van der Waals surface area (Å²) in [6.07, 6.45) is -4.55. The fourth-order valence-corrected chi connectivity index (χ4v) is 4.08. The molecule has 1 saturated heterocycles. The van der Waals surface area contributed by atoms with Crippen LogP contribution in [0.1, 0.15) is 46.7 Å².